The third kappa shape index (κ3) is 3.01. The van der Waals surface area contributed by atoms with Crippen LogP contribution in [0.25, 0.3) is 26.1 Å². The monoisotopic (exact) mass is 466 g/mol. The second kappa shape index (κ2) is 6.48. The van der Waals surface area contributed by atoms with Crippen LogP contribution in [0.3, 0.4) is 0 Å². The van der Waals surface area contributed by atoms with Crippen molar-refractivity contribution in [3.63, 3.8) is 0 Å². The first-order valence-electron chi connectivity index (χ1n) is 10.2. The second-order valence-corrected chi connectivity index (χ2v) is 11.9. The highest BCUT2D eigenvalue weighted by Crippen LogP contribution is 2.44. The summed E-state index contributed by atoms with van der Waals surface area (Å²) in [6, 6.07) is 8.13. The molecule has 0 radical (unpaired) electrons. The van der Waals surface area contributed by atoms with Crippen LogP contribution >= 0.6 is 35.3 Å². The maximum absolute atomic E-state index is 4.95. The molecule has 1 aliphatic heterocycles. The Balaban J connectivity index is 1.53. The summed E-state index contributed by atoms with van der Waals surface area (Å²) in [4.78, 5) is 16.8. The van der Waals surface area contributed by atoms with Crippen LogP contribution in [0.2, 0.25) is 0 Å². The van der Waals surface area contributed by atoms with Crippen molar-refractivity contribution < 1.29 is 0 Å². The first-order valence-corrected chi connectivity index (χ1v) is 12.4. The number of nitrogens with one attached hydrogen (secondary N) is 1. The molecule has 4 aromatic heterocycles. The standard InChI is InChI=1S/C22H22N6S3/c1-21(2)9-11-14-18-25-17(15(29)20-24-12-7-5-6-8-13(12)30-20)26-28(18)10-23-19(14)31-16(11)22(3,4)27-21/h5-8,10,15,27,29H,9H2,1-4H3. The zero-order valence-corrected chi connectivity index (χ0v) is 20.2. The lowest BCUT2D eigenvalue weighted by Crippen LogP contribution is -2.54. The van der Waals surface area contributed by atoms with Crippen molar-refractivity contribution >= 4 is 61.4 Å². The maximum atomic E-state index is 4.95. The summed E-state index contributed by atoms with van der Waals surface area (Å²) in [6.07, 6.45) is 2.69. The van der Waals surface area contributed by atoms with Crippen molar-refractivity contribution in [2.24, 2.45) is 0 Å². The number of nitrogens with zero attached hydrogens (tertiary/aromatic N) is 5. The molecule has 0 aliphatic carbocycles. The lowest BCUT2D eigenvalue weighted by molar-refractivity contribution is 0.248. The van der Waals surface area contributed by atoms with E-state index in [1.54, 1.807) is 33.5 Å². The summed E-state index contributed by atoms with van der Waals surface area (Å²) in [5.41, 5.74) is 3.05. The lowest BCUT2D eigenvalue weighted by atomic mass is 9.82. The second-order valence-electron chi connectivity index (χ2n) is 9.31. The molecule has 31 heavy (non-hydrogen) atoms. The Hall–Kier alpha value is -2.07. The van der Waals surface area contributed by atoms with E-state index in [9.17, 15) is 0 Å². The van der Waals surface area contributed by atoms with Crippen molar-refractivity contribution in [1.29, 1.82) is 0 Å². The van der Waals surface area contributed by atoms with Gasteiger partial charge in [0.1, 0.15) is 21.4 Å². The Labute approximate surface area is 193 Å². The molecule has 5 heterocycles. The molecule has 1 N–H and O–H groups in total. The molecular weight excluding hydrogens is 444 g/mol. The maximum Gasteiger partial charge on any atom is 0.171 e. The van der Waals surface area contributed by atoms with Gasteiger partial charge in [-0.25, -0.2) is 19.5 Å². The van der Waals surface area contributed by atoms with Gasteiger partial charge in [0, 0.05) is 16.0 Å². The molecule has 1 aliphatic rings. The van der Waals surface area contributed by atoms with E-state index in [1.165, 1.54) is 10.4 Å². The smallest absolute Gasteiger partial charge is 0.171 e. The molecule has 6 rings (SSSR count). The van der Waals surface area contributed by atoms with Crippen molar-refractivity contribution in [1.82, 2.24) is 29.9 Å². The lowest BCUT2D eigenvalue weighted by Gasteiger charge is -2.42. The van der Waals surface area contributed by atoms with E-state index in [0.29, 0.717) is 5.82 Å². The molecule has 0 spiro atoms. The summed E-state index contributed by atoms with van der Waals surface area (Å²) in [6.45, 7) is 8.98. The highest BCUT2D eigenvalue weighted by atomic mass is 32.1. The normalized spacial score (nSPS) is 18.6. The van der Waals surface area contributed by atoms with Crippen molar-refractivity contribution in [3.05, 3.63) is 51.9 Å². The van der Waals surface area contributed by atoms with E-state index in [-0.39, 0.29) is 16.3 Å². The molecule has 1 aromatic carbocycles. The number of fused-ring (bicyclic) bond motifs is 6. The van der Waals surface area contributed by atoms with E-state index in [0.717, 1.165) is 37.5 Å². The van der Waals surface area contributed by atoms with Crippen LogP contribution in [-0.2, 0) is 12.0 Å². The Morgan fingerprint density at radius 3 is 2.74 bits per heavy atom. The van der Waals surface area contributed by atoms with Gasteiger partial charge in [-0.2, -0.15) is 12.6 Å². The predicted molar refractivity (Wildman–Crippen MR) is 131 cm³/mol. The largest absolute Gasteiger partial charge is 0.302 e. The van der Waals surface area contributed by atoms with E-state index in [4.69, 9.17) is 32.7 Å². The SMILES string of the molecule is CC1(C)Cc2c(sc3ncn4nc(C(S)c5nc6ccccc6s5)nc4c23)C(C)(C)N1. The van der Waals surface area contributed by atoms with Gasteiger partial charge in [-0.05, 0) is 51.8 Å². The molecule has 0 saturated carbocycles. The highest BCUT2D eigenvalue weighted by molar-refractivity contribution is 7.81. The van der Waals surface area contributed by atoms with Crippen LogP contribution in [0.5, 0.6) is 0 Å². The van der Waals surface area contributed by atoms with Gasteiger partial charge in [0.2, 0.25) is 0 Å². The molecule has 6 nitrogen and oxygen atoms in total. The number of thiazole rings is 1. The van der Waals surface area contributed by atoms with Crippen molar-refractivity contribution in [2.75, 3.05) is 0 Å². The Morgan fingerprint density at radius 2 is 1.94 bits per heavy atom. The molecule has 0 saturated heterocycles. The Morgan fingerprint density at radius 1 is 1.13 bits per heavy atom. The topological polar surface area (TPSA) is 68.0 Å². The minimum Gasteiger partial charge on any atom is -0.302 e. The van der Waals surface area contributed by atoms with E-state index >= 15 is 0 Å². The number of thiol groups is 1. The summed E-state index contributed by atoms with van der Waals surface area (Å²) in [5, 5.41) is 10.3. The quantitative estimate of drug-likeness (QED) is 0.353. The van der Waals surface area contributed by atoms with Gasteiger partial charge in [-0.3, -0.25) is 0 Å². The van der Waals surface area contributed by atoms with E-state index in [1.807, 2.05) is 18.2 Å². The number of benzene rings is 1. The summed E-state index contributed by atoms with van der Waals surface area (Å²) in [7, 11) is 0. The van der Waals surface area contributed by atoms with Gasteiger partial charge >= 0.3 is 0 Å². The van der Waals surface area contributed by atoms with Crippen LogP contribution in [0.4, 0.5) is 0 Å². The van der Waals surface area contributed by atoms with Gasteiger partial charge in [0.25, 0.3) is 0 Å². The zero-order valence-electron chi connectivity index (χ0n) is 17.7. The molecule has 9 heteroatoms. The average molecular weight is 467 g/mol. The molecule has 0 fully saturated rings. The van der Waals surface area contributed by atoms with Gasteiger partial charge < -0.3 is 5.32 Å². The minimum atomic E-state index is -0.281. The molecule has 1 unspecified atom stereocenters. The summed E-state index contributed by atoms with van der Waals surface area (Å²) in [5.74, 6) is 0.657. The minimum absolute atomic E-state index is 0.00668. The van der Waals surface area contributed by atoms with Crippen LogP contribution < -0.4 is 5.32 Å². The first kappa shape index (κ1) is 19.6. The number of thiophene rings is 1. The number of aromatic nitrogens is 5. The summed E-state index contributed by atoms with van der Waals surface area (Å²) < 4.78 is 2.94. The van der Waals surface area contributed by atoms with Crippen LogP contribution in [0.1, 0.15) is 54.2 Å². The molecular formula is C22H22N6S3. The Bertz CT molecular complexity index is 1440. The fourth-order valence-corrected chi connectivity index (χ4v) is 7.26. The third-order valence-corrected chi connectivity index (χ3v) is 8.99. The zero-order chi connectivity index (χ0) is 21.5. The number of rotatable bonds is 2. The molecule has 0 amide bonds. The molecule has 1 atom stereocenters. The summed E-state index contributed by atoms with van der Waals surface area (Å²) >= 11 is 8.24. The van der Waals surface area contributed by atoms with Crippen LogP contribution in [0.15, 0.2) is 30.6 Å². The molecule has 0 bridgehead atoms. The number of hydrogen-bond donors (Lipinski definition) is 2. The van der Waals surface area contributed by atoms with E-state index in [2.05, 4.69) is 39.1 Å². The van der Waals surface area contributed by atoms with Crippen LogP contribution in [-0.4, -0.2) is 30.1 Å². The molecule has 5 aromatic rings. The third-order valence-electron chi connectivity index (χ3n) is 5.77. The number of para-hydroxylation sites is 1. The predicted octanol–water partition coefficient (Wildman–Crippen LogP) is 5.13. The van der Waals surface area contributed by atoms with E-state index < -0.39 is 0 Å². The van der Waals surface area contributed by atoms with Gasteiger partial charge in [-0.1, -0.05) is 12.1 Å². The highest BCUT2D eigenvalue weighted by Gasteiger charge is 2.40. The van der Waals surface area contributed by atoms with Gasteiger partial charge in [0.05, 0.1) is 15.6 Å². The average Bonchev–Trinajstić information content (AvgIpc) is 3.40. The Kier molecular flexibility index (Phi) is 4.09. The first-order chi connectivity index (χ1) is 14.7. The van der Waals surface area contributed by atoms with Crippen molar-refractivity contribution in [2.45, 2.75) is 50.4 Å². The number of hydrogen-bond acceptors (Lipinski definition) is 8. The molecule has 158 valence electrons. The van der Waals surface area contributed by atoms with Crippen molar-refractivity contribution in [3.8, 4) is 0 Å². The fourth-order valence-electron chi connectivity index (χ4n) is 4.77. The van der Waals surface area contributed by atoms with Crippen LogP contribution in [0, 0.1) is 0 Å². The fraction of sp³-hybridized carbons (Fsp3) is 0.364. The van der Waals surface area contributed by atoms with Gasteiger partial charge in [-0.15, -0.1) is 27.8 Å². The van der Waals surface area contributed by atoms with Gasteiger partial charge in [0.15, 0.2) is 11.5 Å².